The normalized spacial score (nSPS) is 14.8. The monoisotopic (exact) mass is 411 g/mol. The van der Waals surface area contributed by atoms with Crippen molar-refractivity contribution in [3.05, 3.63) is 100 Å². The zero-order valence-corrected chi connectivity index (χ0v) is 17.3. The Labute approximate surface area is 181 Å². The minimum atomic E-state index is -0.344. The van der Waals surface area contributed by atoms with Crippen LogP contribution in [0, 0.1) is 10.1 Å². The van der Waals surface area contributed by atoms with E-state index in [1.807, 2.05) is 48.5 Å². The summed E-state index contributed by atoms with van der Waals surface area (Å²) in [7, 11) is 0. The van der Waals surface area contributed by atoms with Gasteiger partial charge in [-0.1, -0.05) is 60.7 Å². The van der Waals surface area contributed by atoms with Crippen LogP contribution in [-0.4, -0.2) is 29.5 Å². The van der Waals surface area contributed by atoms with Crippen LogP contribution in [0.2, 0.25) is 0 Å². The molecule has 1 aromatic heterocycles. The molecular weight excluding hydrogens is 386 g/mol. The Kier molecular flexibility index (Phi) is 5.16. The summed E-state index contributed by atoms with van der Waals surface area (Å²) in [6.07, 6.45) is 2.40. The fraction of sp³-hybridized carbons (Fsp3) is 0.231. The Bertz CT molecular complexity index is 1210. The highest BCUT2D eigenvalue weighted by atomic mass is 16.6. The molecule has 1 atom stereocenters. The van der Waals surface area contributed by atoms with Gasteiger partial charge in [-0.3, -0.25) is 10.1 Å². The first-order valence-electron chi connectivity index (χ1n) is 10.8. The van der Waals surface area contributed by atoms with Crippen molar-refractivity contribution >= 4 is 16.6 Å². The third kappa shape index (κ3) is 3.79. The minimum absolute atomic E-state index is 0.148. The van der Waals surface area contributed by atoms with Gasteiger partial charge in [0.05, 0.1) is 11.6 Å². The predicted octanol–water partition coefficient (Wildman–Crippen LogP) is 5.84. The first kappa shape index (κ1) is 19.4. The zero-order valence-electron chi connectivity index (χ0n) is 17.3. The third-order valence-electron chi connectivity index (χ3n) is 6.23. The standard InChI is InChI=1S/C26H25N3O2/c30-29(31)18-23(20-11-8-12-21(17-20)28-15-6-7-16-28)25-22-13-4-5-14-24(22)27-26(25)19-9-2-1-3-10-19/h1-5,8-14,17,23,27H,6-7,15-16,18H2. The summed E-state index contributed by atoms with van der Waals surface area (Å²) in [5.74, 6) is -0.344. The number of hydrogen-bond donors (Lipinski definition) is 1. The van der Waals surface area contributed by atoms with Crippen LogP contribution >= 0.6 is 0 Å². The van der Waals surface area contributed by atoms with Crippen molar-refractivity contribution in [3.63, 3.8) is 0 Å². The first-order chi connectivity index (χ1) is 15.2. The highest BCUT2D eigenvalue weighted by molar-refractivity contribution is 5.92. The van der Waals surface area contributed by atoms with Gasteiger partial charge in [0.25, 0.3) is 0 Å². The minimum Gasteiger partial charge on any atom is -0.372 e. The quantitative estimate of drug-likeness (QED) is 0.320. The van der Waals surface area contributed by atoms with Crippen LogP contribution in [0.3, 0.4) is 0 Å². The Morgan fingerprint density at radius 3 is 2.45 bits per heavy atom. The summed E-state index contributed by atoms with van der Waals surface area (Å²) >= 11 is 0. The van der Waals surface area contributed by atoms with Crippen LogP contribution in [0.5, 0.6) is 0 Å². The molecule has 1 aliphatic heterocycles. The van der Waals surface area contributed by atoms with Crippen molar-refractivity contribution < 1.29 is 4.92 Å². The summed E-state index contributed by atoms with van der Waals surface area (Å²) in [4.78, 5) is 17.5. The van der Waals surface area contributed by atoms with Gasteiger partial charge in [0.15, 0.2) is 0 Å². The van der Waals surface area contributed by atoms with E-state index in [0.29, 0.717) is 0 Å². The summed E-state index contributed by atoms with van der Waals surface area (Å²) in [5.41, 5.74) is 6.14. The zero-order chi connectivity index (χ0) is 21.2. The van der Waals surface area contributed by atoms with E-state index in [0.717, 1.165) is 52.1 Å². The van der Waals surface area contributed by atoms with E-state index in [2.05, 4.69) is 40.2 Å². The van der Waals surface area contributed by atoms with E-state index in [4.69, 9.17) is 0 Å². The van der Waals surface area contributed by atoms with Gasteiger partial charge < -0.3 is 9.88 Å². The van der Waals surface area contributed by atoms with Gasteiger partial charge in [-0.2, -0.15) is 0 Å². The van der Waals surface area contributed by atoms with Crippen LogP contribution in [0.15, 0.2) is 78.9 Å². The van der Waals surface area contributed by atoms with Gasteiger partial charge in [-0.25, -0.2) is 0 Å². The molecule has 1 unspecified atom stereocenters. The highest BCUT2D eigenvalue weighted by Gasteiger charge is 2.28. The van der Waals surface area contributed by atoms with E-state index in [1.54, 1.807) is 0 Å². The van der Waals surface area contributed by atoms with Crippen molar-refractivity contribution in [2.24, 2.45) is 0 Å². The molecule has 0 bridgehead atoms. The molecule has 5 rings (SSSR count). The second kappa shape index (κ2) is 8.26. The molecule has 0 radical (unpaired) electrons. The highest BCUT2D eigenvalue weighted by Crippen LogP contribution is 2.39. The lowest BCUT2D eigenvalue weighted by atomic mass is 9.87. The molecule has 1 aliphatic rings. The number of benzene rings is 3. The summed E-state index contributed by atoms with van der Waals surface area (Å²) in [6.45, 7) is 1.95. The van der Waals surface area contributed by atoms with Crippen molar-refractivity contribution in [1.82, 2.24) is 4.98 Å². The number of rotatable bonds is 6. The molecule has 31 heavy (non-hydrogen) atoms. The van der Waals surface area contributed by atoms with E-state index < -0.39 is 0 Å². The maximum atomic E-state index is 11.8. The van der Waals surface area contributed by atoms with Crippen LogP contribution in [0.1, 0.15) is 29.9 Å². The number of hydrogen-bond acceptors (Lipinski definition) is 3. The molecule has 3 aromatic carbocycles. The summed E-state index contributed by atoms with van der Waals surface area (Å²) < 4.78 is 0. The lowest BCUT2D eigenvalue weighted by Gasteiger charge is -2.21. The molecule has 0 spiro atoms. The fourth-order valence-electron chi connectivity index (χ4n) is 4.78. The van der Waals surface area contributed by atoms with Gasteiger partial charge >= 0.3 is 0 Å². The second-order valence-electron chi connectivity index (χ2n) is 8.18. The van der Waals surface area contributed by atoms with E-state index in [9.17, 15) is 10.1 Å². The van der Waals surface area contributed by atoms with E-state index >= 15 is 0 Å². The molecule has 5 nitrogen and oxygen atoms in total. The van der Waals surface area contributed by atoms with Gasteiger partial charge in [0, 0.05) is 34.6 Å². The summed E-state index contributed by atoms with van der Waals surface area (Å²) in [6, 6.07) is 26.5. The smallest absolute Gasteiger partial charge is 0.214 e. The molecule has 156 valence electrons. The number of anilines is 1. The molecule has 0 saturated carbocycles. The van der Waals surface area contributed by atoms with Crippen LogP contribution in [0.25, 0.3) is 22.2 Å². The van der Waals surface area contributed by atoms with Crippen LogP contribution in [-0.2, 0) is 0 Å². The van der Waals surface area contributed by atoms with Gasteiger partial charge in [0.1, 0.15) is 0 Å². The molecule has 0 amide bonds. The molecule has 4 aromatic rings. The van der Waals surface area contributed by atoms with Crippen LogP contribution < -0.4 is 4.90 Å². The maximum absolute atomic E-state index is 11.8. The molecular formula is C26H25N3O2. The number of nitrogens with zero attached hydrogens (tertiary/aromatic N) is 2. The SMILES string of the molecule is O=[N+]([O-])CC(c1cccc(N2CCCC2)c1)c1c(-c2ccccc2)[nH]c2ccccc12. The molecule has 2 heterocycles. The van der Waals surface area contributed by atoms with Gasteiger partial charge in [0.2, 0.25) is 6.54 Å². The average Bonchev–Trinajstić information content (AvgIpc) is 3.46. The van der Waals surface area contributed by atoms with Crippen LogP contribution in [0.4, 0.5) is 5.69 Å². The number of H-pyrrole nitrogens is 1. The van der Waals surface area contributed by atoms with Crippen molar-refractivity contribution in [2.75, 3.05) is 24.5 Å². The largest absolute Gasteiger partial charge is 0.372 e. The Morgan fingerprint density at radius 2 is 1.68 bits per heavy atom. The molecule has 1 fully saturated rings. The van der Waals surface area contributed by atoms with Crippen molar-refractivity contribution in [2.45, 2.75) is 18.8 Å². The molecule has 1 N–H and O–H groups in total. The summed E-state index contributed by atoms with van der Waals surface area (Å²) in [5, 5.41) is 12.8. The average molecular weight is 412 g/mol. The number of nitrogens with one attached hydrogen (secondary N) is 1. The van der Waals surface area contributed by atoms with Gasteiger partial charge in [-0.05, 0) is 47.7 Å². The Balaban J connectivity index is 1.70. The second-order valence-corrected chi connectivity index (χ2v) is 8.18. The van der Waals surface area contributed by atoms with Gasteiger partial charge in [-0.15, -0.1) is 0 Å². The topological polar surface area (TPSA) is 62.2 Å². The first-order valence-corrected chi connectivity index (χ1v) is 10.8. The molecule has 1 saturated heterocycles. The molecule has 5 heteroatoms. The number of para-hydroxylation sites is 1. The number of aromatic amines is 1. The lowest BCUT2D eigenvalue weighted by molar-refractivity contribution is -0.481. The number of aromatic nitrogens is 1. The molecule has 0 aliphatic carbocycles. The number of nitro groups is 1. The lowest BCUT2D eigenvalue weighted by Crippen LogP contribution is -2.19. The van der Waals surface area contributed by atoms with E-state index in [1.165, 1.54) is 12.8 Å². The van der Waals surface area contributed by atoms with Crippen molar-refractivity contribution in [1.29, 1.82) is 0 Å². The Morgan fingerprint density at radius 1 is 0.935 bits per heavy atom. The third-order valence-corrected chi connectivity index (χ3v) is 6.23. The fourth-order valence-corrected chi connectivity index (χ4v) is 4.78. The Hall–Kier alpha value is -3.60. The number of fused-ring (bicyclic) bond motifs is 1. The van der Waals surface area contributed by atoms with Crippen molar-refractivity contribution in [3.8, 4) is 11.3 Å². The predicted molar refractivity (Wildman–Crippen MR) is 125 cm³/mol. The van der Waals surface area contributed by atoms with E-state index in [-0.39, 0.29) is 17.4 Å². The maximum Gasteiger partial charge on any atom is 0.214 e.